The topological polar surface area (TPSA) is 61.8 Å². The second-order valence-electron chi connectivity index (χ2n) is 5.99. The van der Waals surface area contributed by atoms with E-state index in [1.807, 2.05) is 44.2 Å². The van der Waals surface area contributed by atoms with E-state index in [1.54, 1.807) is 12.1 Å². The van der Waals surface area contributed by atoms with Crippen molar-refractivity contribution in [1.29, 1.82) is 0 Å². The van der Waals surface area contributed by atoms with Gasteiger partial charge in [-0.25, -0.2) is 0 Å². The van der Waals surface area contributed by atoms with Gasteiger partial charge in [-0.1, -0.05) is 33.6 Å². The molecule has 2 aromatic rings. The van der Waals surface area contributed by atoms with Crippen molar-refractivity contribution in [2.24, 2.45) is 10.9 Å². The van der Waals surface area contributed by atoms with Gasteiger partial charge in [-0.2, -0.15) is 0 Å². The quantitative estimate of drug-likeness (QED) is 0.458. The predicted molar refractivity (Wildman–Crippen MR) is 110 cm³/mol. The van der Waals surface area contributed by atoms with Gasteiger partial charge in [-0.15, -0.1) is 0 Å². The molecular weight excluding hydrogens is 414 g/mol. The van der Waals surface area contributed by atoms with Crippen LogP contribution in [-0.2, 0) is 9.59 Å². The van der Waals surface area contributed by atoms with E-state index >= 15 is 0 Å². The van der Waals surface area contributed by atoms with Gasteiger partial charge in [0.1, 0.15) is 0 Å². The van der Waals surface area contributed by atoms with Crippen LogP contribution >= 0.6 is 28.1 Å². The first-order valence-electron chi connectivity index (χ1n) is 7.92. The molecule has 5 nitrogen and oxygen atoms in total. The van der Waals surface area contributed by atoms with Gasteiger partial charge in [-0.05, 0) is 62.0 Å². The van der Waals surface area contributed by atoms with Crippen LogP contribution in [0.1, 0.15) is 11.1 Å². The fourth-order valence-electron chi connectivity index (χ4n) is 2.58. The van der Waals surface area contributed by atoms with Crippen molar-refractivity contribution in [3.8, 4) is 0 Å². The minimum absolute atomic E-state index is 0.0772. The Bertz CT molecular complexity index is 925. The first-order chi connectivity index (χ1) is 12.4. The van der Waals surface area contributed by atoms with Crippen LogP contribution in [0.5, 0.6) is 0 Å². The van der Waals surface area contributed by atoms with Gasteiger partial charge in [-0.3, -0.25) is 19.5 Å². The van der Waals surface area contributed by atoms with E-state index in [-0.39, 0.29) is 5.11 Å². The number of hydrogen-bond acceptors (Lipinski definition) is 4. The van der Waals surface area contributed by atoms with Crippen molar-refractivity contribution in [2.75, 3.05) is 4.90 Å². The molecule has 2 amide bonds. The summed E-state index contributed by atoms with van der Waals surface area (Å²) >= 11 is 8.58. The van der Waals surface area contributed by atoms with Crippen molar-refractivity contribution in [2.45, 2.75) is 13.8 Å². The number of nitrogens with zero attached hydrogens (tertiary/aromatic N) is 2. The fraction of sp³-hybridized carbons (Fsp3) is 0.158. The van der Waals surface area contributed by atoms with Crippen LogP contribution in [-0.4, -0.2) is 23.1 Å². The Morgan fingerprint density at radius 2 is 1.85 bits per heavy atom. The van der Waals surface area contributed by atoms with Crippen LogP contribution in [0.15, 0.2) is 51.9 Å². The van der Waals surface area contributed by atoms with Crippen LogP contribution < -0.4 is 10.2 Å². The number of carbonyl (C=O) groups is 2. The summed E-state index contributed by atoms with van der Waals surface area (Å²) in [5, 5.41) is 2.66. The Kier molecular flexibility index (Phi) is 5.29. The number of rotatable bonds is 3. The zero-order valence-electron chi connectivity index (χ0n) is 14.2. The van der Waals surface area contributed by atoms with Crippen LogP contribution in [0, 0.1) is 19.8 Å². The lowest BCUT2D eigenvalue weighted by Gasteiger charge is -2.31. The SMILES string of the molecule is Cc1ccc(N2C(=O)[C@@H](C=Nc3ccc(Br)cc3C)C(=O)NC2=S)cc1. The van der Waals surface area contributed by atoms with Crippen molar-refractivity contribution in [1.82, 2.24) is 5.32 Å². The van der Waals surface area contributed by atoms with E-state index in [0.717, 1.165) is 15.6 Å². The van der Waals surface area contributed by atoms with Crippen LogP contribution in [0.4, 0.5) is 11.4 Å². The lowest BCUT2D eigenvalue weighted by Crippen LogP contribution is -2.58. The Morgan fingerprint density at radius 3 is 2.50 bits per heavy atom. The van der Waals surface area contributed by atoms with Gasteiger partial charge in [0, 0.05) is 10.7 Å². The number of aryl methyl sites for hydroxylation is 2. The number of benzene rings is 2. The second-order valence-corrected chi connectivity index (χ2v) is 7.29. The lowest BCUT2D eigenvalue weighted by atomic mass is 10.1. The number of thiocarbonyl (C=S) groups is 1. The van der Waals surface area contributed by atoms with Gasteiger partial charge in [0.2, 0.25) is 5.91 Å². The molecule has 0 spiro atoms. The number of halogens is 1. The molecule has 1 aliphatic heterocycles. The number of amides is 2. The molecule has 26 heavy (non-hydrogen) atoms. The van der Waals surface area contributed by atoms with E-state index < -0.39 is 17.7 Å². The second kappa shape index (κ2) is 7.47. The molecule has 1 fully saturated rings. The van der Waals surface area contributed by atoms with Crippen molar-refractivity contribution < 1.29 is 9.59 Å². The lowest BCUT2D eigenvalue weighted by molar-refractivity contribution is -0.130. The maximum atomic E-state index is 12.9. The van der Waals surface area contributed by atoms with Crippen LogP contribution in [0.3, 0.4) is 0 Å². The van der Waals surface area contributed by atoms with Gasteiger partial charge in [0.05, 0.1) is 11.4 Å². The predicted octanol–water partition coefficient (Wildman–Crippen LogP) is 3.83. The van der Waals surface area contributed by atoms with Gasteiger partial charge < -0.3 is 5.32 Å². The summed E-state index contributed by atoms with van der Waals surface area (Å²) < 4.78 is 0.941. The highest BCUT2D eigenvalue weighted by Gasteiger charge is 2.38. The molecule has 1 saturated heterocycles. The molecule has 3 rings (SSSR count). The summed E-state index contributed by atoms with van der Waals surface area (Å²) in [6.07, 6.45) is 1.37. The maximum absolute atomic E-state index is 12.9. The minimum Gasteiger partial charge on any atom is -0.301 e. The fourth-order valence-corrected chi connectivity index (χ4v) is 3.35. The largest absolute Gasteiger partial charge is 0.301 e. The average molecular weight is 430 g/mol. The number of anilines is 1. The Labute approximate surface area is 165 Å². The normalized spacial score (nSPS) is 17.7. The highest BCUT2D eigenvalue weighted by atomic mass is 79.9. The number of carbonyl (C=O) groups excluding carboxylic acids is 2. The summed E-state index contributed by atoms with van der Waals surface area (Å²) in [7, 11) is 0. The van der Waals surface area contributed by atoms with E-state index in [0.29, 0.717) is 11.4 Å². The molecule has 0 aromatic heterocycles. The Hall–Kier alpha value is -2.38. The zero-order valence-corrected chi connectivity index (χ0v) is 16.6. The molecule has 0 unspecified atom stereocenters. The van der Waals surface area contributed by atoms with E-state index in [2.05, 4.69) is 26.2 Å². The monoisotopic (exact) mass is 429 g/mol. The summed E-state index contributed by atoms with van der Waals surface area (Å²) in [6, 6.07) is 13.0. The van der Waals surface area contributed by atoms with E-state index in [4.69, 9.17) is 12.2 Å². The molecule has 0 saturated carbocycles. The molecule has 1 heterocycles. The van der Waals surface area contributed by atoms with Crippen molar-refractivity contribution in [3.05, 3.63) is 58.1 Å². The summed E-state index contributed by atoms with van der Waals surface area (Å²) in [5.74, 6) is -1.92. The summed E-state index contributed by atoms with van der Waals surface area (Å²) in [5.41, 5.74) is 3.31. The molecule has 1 aliphatic rings. The molecule has 7 heteroatoms. The number of aliphatic imine (C=N–C) groups is 1. The van der Waals surface area contributed by atoms with Crippen molar-refractivity contribution >= 4 is 62.7 Å². The smallest absolute Gasteiger partial charge is 0.251 e. The molecule has 1 N–H and O–H groups in total. The van der Waals surface area contributed by atoms with Crippen molar-refractivity contribution in [3.63, 3.8) is 0 Å². The molecule has 1 atom stereocenters. The molecule has 132 valence electrons. The molecule has 2 aromatic carbocycles. The van der Waals surface area contributed by atoms with Crippen LogP contribution in [0.25, 0.3) is 0 Å². The van der Waals surface area contributed by atoms with Crippen LogP contribution in [0.2, 0.25) is 0 Å². The van der Waals surface area contributed by atoms with Gasteiger partial charge >= 0.3 is 0 Å². The van der Waals surface area contributed by atoms with E-state index in [1.165, 1.54) is 11.1 Å². The Balaban J connectivity index is 1.90. The summed E-state index contributed by atoms with van der Waals surface area (Å²) in [6.45, 7) is 3.87. The van der Waals surface area contributed by atoms with Gasteiger partial charge in [0.15, 0.2) is 11.0 Å². The molecule has 0 radical (unpaired) electrons. The first-order valence-corrected chi connectivity index (χ1v) is 9.13. The molecule has 0 bridgehead atoms. The number of nitrogens with one attached hydrogen (secondary N) is 1. The maximum Gasteiger partial charge on any atom is 0.251 e. The zero-order chi connectivity index (χ0) is 18.8. The third-order valence-electron chi connectivity index (χ3n) is 4.02. The molecule has 0 aliphatic carbocycles. The Morgan fingerprint density at radius 1 is 1.15 bits per heavy atom. The third kappa shape index (κ3) is 3.73. The summed E-state index contributed by atoms with van der Waals surface area (Å²) in [4.78, 5) is 30.8. The highest BCUT2D eigenvalue weighted by molar-refractivity contribution is 9.10. The highest BCUT2D eigenvalue weighted by Crippen LogP contribution is 2.24. The molecular formula is C19H16BrN3O2S. The minimum atomic E-state index is -1.04. The average Bonchev–Trinajstić information content (AvgIpc) is 2.57. The first kappa shape index (κ1) is 18.4. The number of hydrogen-bond donors (Lipinski definition) is 1. The van der Waals surface area contributed by atoms with E-state index in [9.17, 15) is 9.59 Å². The third-order valence-corrected chi connectivity index (χ3v) is 4.79. The standard InChI is InChI=1S/C19H16BrN3O2S/c1-11-3-6-14(7-4-11)23-18(25)15(17(24)22-19(23)26)10-21-16-8-5-13(20)9-12(16)2/h3-10,15H,1-2H3,(H,22,24,26)/t15-/m0/s1. The van der Waals surface area contributed by atoms with Gasteiger partial charge in [0.25, 0.3) is 5.91 Å².